The summed E-state index contributed by atoms with van der Waals surface area (Å²) in [6.45, 7) is 3.01. The SMILES string of the molecule is CN1C[C@](C)(CC#N)c2cc(Cl)ccc21. The van der Waals surface area contributed by atoms with Crippen molar-refractivity contribution in [3.63, 3.8) is 0 Å². The van der Waals surface area contributed by atoms with E-state index in [2.05, 4.69) is 24.9 Å². The predicted octanol–water partition coefficient (Wildman–Crippen LogP) is 2.96. The fraction of sp³-hybridized carbons (Fsp3) is 0.417. The van der Waals surface area contributed by atoms with Crippen molar-refractivity contribution in [2.24, 2.45) is 0 Å². The van der Waals surface area contributed by atoms with Crippen molar-refractivity contribution in [2.75, 3.05) is 18.5 Å². The molecule has 0 bridgehead atoms. The number of nitrogens with zero attached hydrogens (tertiary/aromatic N) is 2. The van der Waals surface area contributed by atoms with Gasteiger partial charge in [0, 0.05) is 36.1 Å². The zero-order chi connectivity index (χ0) is 11.1. The Kier molecular flexibility index (Phi) is 2.36. The molecule has 15 heavy (non-hydrogen) atoms. The van der Waals surface area contributed by atoms with Crippen LogP contribution < -0.4 is 4.90 Å². The van der Waals surface area contributed by atoms with Crippen molar-refractivity contribution in [3.8, 4) is 6.07 Å². The second-order valence-corrected chi connectivity index (χ2v) is 4.85. The van der Waals surface area contributed by atoms with E-state index in [1.807, 2.05) is 18.2 Å². The molecule has 78 valence electrons. The summed E-state index contributed by atoms with van der Waals surface area (Å²) in [7, 11) is 2.05. The van der Waals surface area contributed by atoms with Gasteiger partial charge in [0.05, 0.1) is 6.07 Å². The Morgan fingerprint density at radius 2 is 2.33 bits per heavy atom. The number of hydrogen-bond donors (Lipinski definition) is 0. The summed E-state index contributed by atoms with van der Waals surface area (Å²) in [6.07, 6.45) is 0.532. The summed E-state index contributed by atoms with van der Waals surface area (Å²) in [5, 5.41) is 9.62. The van der Waals surface area contributed by atoms with Crippen LogP contribution in [0.4, 0.5) is 5.69 Å². The largest absolute Gasteiger partial charge is 0.373 e. The smallest absolute Gasteiger partial charge is 0.0631 e. The van der Waals surface area contributed by atoms with Crippen LogP contribution in [0, 0.1) is 11.3 Å². The van der Waals surface area contributed by atoms with Gasteiger partial charge in [-0.2, -0.15) is 5.26 Å². The lowest BCUT2D eigenvalue weighted by Crippen LogP contribution is -2.28. The van der Waals surface area contributed by atoms with Gasteiger partial charge in [0.15, 0.2) is 0 Å². The highest BCUT2D eigenvalue weighted by Gasteiger charge is 2.37. The average Bonchev–Trinajstić information content (AvgIpc) is 2.39. The minimum atomic E-state index is -0.0796. The molecular weight excluding hydrogens is 208 g/mol. The third-order valence-corrected chi connectivity index (χ3v) is 3.31. The first-order chi connectivity index (χ1) is 7.07. The molecule has 0 radical (unpaired) electrons. The second-order valence-electron chi connectivity index (χ2n) is 4.41. The molecule has 1 aliphatic heterocycles. The Morgan fingerprint density at radius 1 is 1.60 bits per heavy atom. The fourth-order valence-electron chi connectivity index (χ4n) is 2.34. The number of fused-ring (bicyclic) bond motifs is 1. The van der Waals surface area contributed by atoms with Gasteiger partial charge in [-0.3, -0.25) is 0 Å². The zero-order valence-electron chi connectivity index (χ0n) is 8.92. The summed E-state index contributed by atoms with van der Waals surface area (Å²) in [4.78, 5) is 2.18. The maximum absolute atomic E-state index is 8.87. The molecular formula is C12H13ClN2. The van der Waals surface area contributed by atoms with Gasteiger partial charge in [-0.25, -0.2) is 0 Å². The molecule has 1 aromatic rings. The molecule has 0 unspecified atom stereocenters. The minimum Gasteiger partial charge on any atom is -0.373 e. The topological polar surface area (TPSA) is 27.0 Å². The van der Waals surface area contributed by atoms with E-state index >= 15 is 0 Å². The Morgan fingerprint density at radius 3 is 3.00 bits per heavy atom. The third-order valence-electron chi connectivity index (χ3n) is 3.08. The molecule has 2 rings (SSSR count). The molecule has 3 heteroatoms. The second kappa shape index (κ2) is 3.43. The molecule has 0 aromatic heterocycles. The monoisotopic (exact) mass is 220 g/mol. The molecule has 2 nitrogen and oxygen atoms in total. The van der Waals surface area contributed by atoms with Crippen molar-refractivity contribution >= 4 is 17.3 Å². The molecule has 1 heterocycles. The van der Waals surface area contributed by atoms with Crippen LogP contribution in [0.15, 0.2) is 18.2 Å². The number of nitriles is 1. The summed E-state index contributed by atoms with van der Waals surface area (Å²) in [5.41, 5.74) is 2.31. The van der Waals surface area contributed by atoms with E-state index in [1.54, 1.807) is 0 Å². The van der Waals surface area contributed by atoms with Gasteiger partial charge < -0.3 is 4.90 Å². The maximum atomic E-state index is 8.87. The van der Waals surface area contributed by atoms with Crippen LogP contribution in [-0.4, -0.2) is 13.6 Å². The van der Waals surface area contributed by atoms with Gasteiger partial charge >= 0.3 is 0 Å². The number of likely N-dealkylation sites (N-methyl/N-ethyl adjacent to an activating group) is 1. The molecule has 1 aromatic carbocycles. The molecule has 0 fully saturated rings. The van der Waals surface area contributed by atoms with Gasteiger partial charge in [-0.15, -0.1) is 0 Å². The molecule has 0 aliphatic carbocycles. The van der Waals surface area contributed by atoms with E-state index in [4.69, 9.17) is 16.9 Å². The van der Waals surface area contributed by atoms with Gasteiger partial charge in [0.2, 0.25) is 0 Å². The molecule has 0 amide bonds. The quantitative estimate of drug-likeness (QED) is 0.728. The van der Waals surface area contributed by atoms with Gasteiger partial charge in [0.25, 0.3) is 0 Å². The average molecular weight is 221 g/mol. The number of halogens is 1. The van der Waals surface area contributed by atoms with Gasteiger partial charge in [0.1, 0.15) is 0 Å². The van der Waals surface area contributed by atoms with Gasteiger partial charge in [-0.1, -0.05) is 18.5 Å². The Bertz CT molecular complexity index is 436. The standard InChI is InChI=1S/C12H13ClN2/c1-12(5-6-14)8-15(2)11-4-3-9(13)7-10(11)12/h3-4,7H,5,8H2,1-2H3/t12-/m0/s1. The third kappa shape index (κ3) is 1.57. The van der Waals surface area contributed by atoms with Crippen LogP contribution in [0.5, 0.6) is 0 Å². The van der Waals surface area contributed by atoms with Crippen molar-refractivity contribution in [3.05, 3.63) is 28.8 Å². The summed E-state index contributed by atoms with van der Waals surface area (Å²) >= 11 is 6.00. The summed E-state index contributed by atoms with van der Waals surface area (Å²) in [6, 6.07) is 8.17. The molecule has 0 saturated heterocycles. The molecule has 0 spiro atoms. The van der Waals surface area contributed by atoms with Gasteiger partial charge in [-0.05, 0) is 23.8 Å². The lowest BCUT2D eigenvalue weighted by atomic mass is 9.82. The maximum Gasteiger partial charge on any atom is 0.0631 e. The van der Waals surface area contributed by atoms with E-state index < -0.39 is 0 Å². The first-order valence-corrected chi connectivity index (χ1v) is 5.33. The summed E-state index contributed by atoms with van der Waals surface area (Å²) in [5.74, 6) is 0. The van der Waals surface area contributed by atoms with E-state index in [-0.39, 0.29) is 5.41 Å². The van der Waals surface area contributed by atoms with Crippen molar-refractivity contribution in [1.82, 2.24) is 0 Å². The predicted molar refractivity (Wildman–Crippen MR) is 62.3 cm³/mol. The van der Waals surface area contributed by atoms with Crippen LogP contribution >= 0.6 is 11.6 Å². The lowest BCUT2D eigenvalue weighted by molar-refractivity contribution is 0.518. The minimum absolute atomic E-state index is 0.0796. The van der Waals surface area contributed by atoms with Crippen LogP contribution in [0.1, 0.15) is 18.9 Å². The van der Waals surface area contributed by atoms with Crippen LogP contribution in [0.2, 0.25) is 5.02 Å². The van der Waals surface area contributed by atoms with E-state index in [0.717, 1.165) is 11.6 Å². The van der Waals surface area contributed by atoms with Crippen LogP contribution in [-0.2, 0) is 5.41 Å². The molecule has 0 N–H and O–H groups in total. The highest BCUT2D eigenvalue weighted by molar-refractivity contribution is 6.30. The van der Waals surface area contributed by atoms with E-state index in [9.17, 15) is 0 Å². The Balaban J connectivity index is 2.53. The number of hydrogen-bond acceptors (Lipinski definition) is 2. The zero-order valence-corrected chi connectivity index (χ0v) is 9.67. The number of benzene rings is 1. The Hall–Kier alpha value is -1.20. The summed E-state index contributed by atoms with van der Waals surface area (Å²) < 4.78 is 0. The van der Waals surface area contributed by atoms with Crippen molar-refractivity contribution in [1.29, 1.82) is 5.26 Å². The van der Waals surface area contributed by atoms with Crippen molar-refractivity contribution < 1.29 is 0 Å². The van der Waals surface area contributed by atoms with E-state index in [1.165, 1.54) is 11.3 Å². The first kappa shape index (κ1) is 10.3. The number of anilines is 1. The highest BCUT2D eigenvalue weighted by Crippen LogP contribution is 2.42. The highest BCUT2D eigenvalue weighted by atomic mass is 35.5. The lowest BCUT2D eigenvalue weighted by Gasteiger charge is -2.21. The Labute approximate surface area is 95.1 Å². The van der Waals surface area contributed by atoms with E-state index in [0.29, 0.717) is 6.42 Å². The van der Waals surface area contributed by atoms with Crippen LogP contribution in [0.25, 0.3) is 0 Å². The molecule has 1 atom stereocenters. The molecule has 1 aliphatic rings. The number of rotatable bonds is 1. The fourth-order valence-corrected chi connectivity index (χ4v) is 2.52. The first-order valence-electron chi connectivity index (χ1n) is 4.95. The normalized spacial score (nSPS) is 23.7. The van der Waals surface area contributed by atoms with Crippen molar-refractivity contribution in [2.45, 2.75) is 18.8 Å². The van der Waals surface area contributed by atoms with Crippen LogP contribution in [0.3, 0.4) is 0 Å². The molecule has 0 saturated carbocycles.